The van der Waals surface area contributed by atoms with Gasteiger partial charge in [0.1, 0.15) is 0 Å². The van der Waals surface area contributed by atoms with E-state index >= 15 is 0 Å². The van der Waals surface area contributed by atoms with Gasteiger partial charge in [-0.2, -0.15) is 0 Å². The van der Waals surface area contributed by atoms with E-state index in [1.165, 1.54) is 5.56 Å². The molecule has 0 amide bonds. The van der Waals surface area contributed by atoms with Gasteiger partial charge in [0.15, 0.2) is 5.78 Å². The summed E-state index contributed by atoms with van der Waals surface area (Å²) in [6.45, 7) is 3.96. The lowest BCUT2D eigenvalue weighted by molar-refractivity contribution is 0.0992. The van der Waals surface area contributed by atoms with Crippen LogP contribution < -0.4 is 0 Å². The number of carbonyl (C=O) groups is 1. The zero-order chi connectivity index (χ0) is 12.4. The number of rotatable bonds is 3. The highest BCUT2D eigenvalue weighted by molar-refractivity contribution is 9.10. The summed E-state index contributed by atoms with van der Waals surface area (Å²) in [4.78, 5) is 13.6. The number of thiophene rings is 1. The number of carbonyl (C=O) groups excluding carboxylic acids is 1. The Hall–Kier alpha value is -0.930. The van der Waals surface area contributed by atoms with Gasteiger partial charge in [0.25, 0.3) is 0 Å². The maximum Gasteiger partial charge on any atom is 0.172 e. The molecule has 1 heterocycles. The molecule has 0 unspecified atom stereocenters. The number of hydrogen-bond acceptors (Lipinski definition) is 2. The first kappa shape index (κ1) is 12.5. The minimum atomic E-state index is 0.215. The second kappa shape index (κ2) is 5.15. The van der Waals surface area contributed by atoms with E-state index in [1.807, 2.05) is 19.1 Å². The molecule has 0 bridgehead atoms. The van der Waals surface area contributed by atoms with E-state index in [-0.39, 0.29) is 5.78 Å². The third-order valence-corrected chi connectivity index (χ3v) is 4.69. The summed E-state index contributed by atoms with van der Waals surface area (Å²) in [5, 5.41) is 0. The summed E-state index contributed by atoms with van der Waals surface area (Å²) in [7, 11) is 0. The van der Waals surface area contributed by atoms with E-state index < -0.39 is 0 Å². The van der Waals surface area contributed by atoms with Crippen molar-refractivity contribution in [2.45, 2.75) is 20.3 Å². The molecular formula is C14H13BrOS. The maximum atomic E-state index is 11.6. The summed E-state index contributed by atoms with van der Waals surface area (Å²) >= 11 is 5.09. The third-order valence-electron chi connectivity index (χ3n) is 2.66. The van der Waals surface area contributed by atoms with Crippen molar-refractivity contribution >= 4 is 33.0 Å². The van der Waals surface area contributed by atoms with Crippen molar-refractivity contribution in [1.29, 1.82) is 0 Å². The summed E-state index contributed by atoms with van der Waals surface area (Å²) in [5.74, 6) is 0.215. The van der Waals surface area contributed by atoms with Gasteiger partial charge in [-0.05, 0) is 36.2 Å². The Balaban J connectivity index is 2.37. The van der Waals surface area contributed by atoms with Gasteiger partial charge in [-0.3, -0.25) is 4.79 Å². The predicted molar refractivity (Wildman–Crippen MR) is 76.8 cm³/mol. The van der Waals surface area contributed by atoms with Gasteiger partial charge >= 0.3 is 0 Å². The maximum absolute atomic E-state index is 11.6. The summed E-state index contributed by atoms with van der Waals surface area (Å²) in [6.07, 6.45) is 0.567. The Morgan fingerprint density at radius 2 is 2.06 bits per heavy atom. The minimum Gasteiger partial charge on any atom is -0.293 e. The Morgan fingerprint density at radius 3 is 2.71 bits per heavy atom. The Morgan fingerprint density at radius 1 is 1.29 bits per heavy atom. The van der Waals surface area contributed by atoms with Crippen LogP contribution in [-0.4, -0.2) is 5.78 Å². The summed E-state index contributed by atoms with van der Waals surface area (Å²) in [5.41, 5.74) is 2.37. The largest absolute Gasteiger partial charge is 0.293 e. The fourth-order valence-electron chi connectivity index (χ4n) is 1.56. The van der Waals surface area contributed by atoms with Crippen LogP contribution in [0.15, 0.2) is 34.8 Å². The molecule has 0 aliphatic carbocycles. The predicted octanol–water partition coefficient (Wildman–Crippen LogP) is 5.08. The van der Waals surface area contributed by atoms with Crippen LogP contribution in [-0.2, 0) is 0 Å². The molecule has 17 heavy (non-hydrogen) atoms. The molecule has 0 saturated carbocycles. The summed E-state index contributed by atoms with van der Waals surface area (Å²) in [6, 6.07) is 10.2. The molecular weight excluding hydrogens is 296 g/mol. The van der Waals surface area contributed by atoms with Crippen LogP contribution in [0.5, 0.6) is 0 Å². The normalized spacial score (nSPS) is 10.5. The van der Waals surface area contributed by atoms with Gasteiger partial charge in [0.2, 0.25) is 0 Å². The molecule has 1 aromatic heterocycles. The lowest BCUT2D eigenvalue weighted by Gasteiger charge is -2.01. The zero-order valence-corrected chi connectivity index (χ0v) is 12.2. The molecule has 2 aromatic rings. The SMILES string of the molecule is CCC(=O)c1ccc(-c2ccc(C)c(Br)c2)s1. The molecule has 0 fully saturated rings. The fourth-order valence-corrected chi connectivity index (χ4v) is 2.95. The molecule has 2 rings (SSSR count). The zero-order valence-electron chi connectivity index (χ0n) is 9.79. The van der Waals surface area contributed by atoms with Gasteiger partial charge in [0.05, 0.1) is 4.88 Å². The molecule has 0 aliphatic rings. The highest BCUT2D eigenvalue weighted by atomic mass is 79.9. The van der Waals surface area contributed by atoms with Crippen LogP contribution in [0.3, 0.4) is 0 Å². The molecule has 0 saturated heterocycles. The molecule has 1 nitrogen and oxygen atoms in total. The van der Waals surface area contributed by atoms with Crippen molar-refractivity contribution in [3.05, 3.63) is 45.2 Å². The van der Waals surface area contributed by atoms with Crippen molar-refractivity contribution in [3.63, 3.8) is 0 Å². The Kier molecular flexibility index (Phi) is 3.79. The lowest BCUT2D eigenvalue weighted by atomic mass is 10.1. The molecule has 1 aromatic carbocycles. The number of Topliss-reactive ketones (excluding diaryl/α,β-unsaturated/α-hetero) is 1. The van der Waals surface area contributed by atoms with Crippen LogP contribution in [0.1, 0.15) is 28.6 Å². The van der Waals surface area contributed by atoms with E-state index in [4.69, 9.17) is 0 Å². The smallest absolute Gasteiger partial charge is 0.172 e. The van der Waals surface area contributed by atoms with Crippen molar-refractivity contribution in [2.24, 2.45) is 0 Å². The van der Waals surface area contributed by atoms with E-state index in [1.54, 1.807) is 11.3 Å². The van der Waals surface area contributed by atoms with Gasteiger partial charge in [-0.15, -0.1) is 11.3 Å². The molecule has 88 valence electrons. The van der Waals surface area contributed by atoms with Crippen LogP contribution in [0, 0.1) is 6.92 Å². The topological polar surface area (TPSA) is 17.1 Å². The first-order valence-corrected chi connectivity index (χ1v) is 7.12. The highest BCUT2D eigenvalue weighted by Gasteiger charge is 2.08. The highest BCUT2D eigenvalue weighted by Crippen LogP contribution is 2.31. The van der Waals surface area contributed by atoms with Gasteiger partial charge < -0.3 is 0 Å². The molecule has 0 N–H and O–H groups in total. The van der Waals surface area contributed by atoms with E-state index in [0.717, 1.165) is 19.8 Å². The number of benzene rings is 1. The number of aryl methyl sites for hydroxylation is 1. The van der Waals surface area contributed by atoms with Crippen molar-refractivity contribution in [2.75, 3.05) is 0 Å². The van der Waals surface area contributed by atoms with Gasteiger partial charge in [-0.25, -0.2) is 0 Å². The first-order chi connectivity index (χ1) is 8.11. The van der Waals surface area contributed by atoms with Gasteiger partial charge in [-0.1, -0.05) is 35.0 Å². The quantitative estimate of drug-likeness (QED) is 0.723. The second-order valence-corrected chi connectivity index (χ2v) is 5.84. The number of ketones is 1. The second-order valence-electron chi connectivity index (χ2n) is 3.90. The van der Waals surface area contributed by atoms with Crippen LogP contribution >= 0.6 is 27.3 Å². The Labute approximate surface area is 114 Å². The lowest BCUT2D eigenvalue weighted by Crippen LogP contribution is -1.90. The third kappa shape index (κ3) is 2.67. The minimum absolute atomic E-state index is 0.215. The van der Waals surface area contributed by atoms with E-state index in [9.17, 15) is 4.79 Å². The molecule has 3 heteroatoms. The van der Waals surface area contributed by atoms with Crippen LogP contribution in [0.2, 0.25) is 0 Å². The van der Waals surface area contributed by atoms with Crippen molar-refractivity contribution in [1.82, 2.24) is 0 Å². The average molecular weight is 309 g/mol. The van der Waals surface area contributed by atoms with Gasteiger partial charge in [0, 0.05) is 15.8 Å². The number of halogens is 1. The number of hydrogen-bond donors (Lipinski definition) is 0. The van der Waals surface area contributed by atoms with Crippen molar-refractivity contribution in [3.8, 4) is 10.4 Å². The standard InChI is InChI=1S/C14H13BrOS/c1-3-12(16)14-7-6-13(17-14)10-5-4-9(2)11(15)8-10/h4-8H,3H2,1-2H3. The molecule has 0 atom stereocenters. The molecule has 0 aliphatic heterocycles. The summed E-state index contributed by atoms with van der Waals surface area (Å²) < 4.78 is 1.10. The molecule has 0 spiro atoms. The van der Waals surface area contributed by atoms with Crippen molar-refractivity contribution < 1.29 is 4.79 Å². The van der Waals surface area contributed by atoms with E-state index in [2.05, 4.69) is 41.1 Å². The average Bonchev–Trinajstić information content (AvgIpc) is 2.81. The molecule has 0 radical (unpaired) electrons. The fraction of sp³-hybridized carbons (Fsp3) is 0.214. The Bertz CT molecular complexity index is 557. The first-order valence-electron chi connectivity index (χ1n) is 5.51. The van der Waals surface area contributed by atoms with E-state index in [0.29, 0.717) is 6.42 Å². The monoisotopic (exact) mass is 308 g/mol. The van der Waals surface area contributed by atoms with Crippen LogP contribution in [0.4, 0.5) is 0 Å². The van der Waals surface area contributed by atoms with Crippen LogP contribution in [0.25, 0.3) is 10.4 Å².